The molecule has 0 bridgehead atoms. The van der Waals surface area contributed by atoms with Crippen molar-refractivity contribution in [3.8, 4) is 5.75 Å². The van der Waals surface area contributed by atoms with Gasteiger partial charge in [-0.15, -0.1) is 0 Å². The Morgan fingerprint density at radius 1 is 1.03 bits per heavy atom. The summed E-state index contributed by atoms with van der Waals surface area (Å²) in [5.74, 6) is 0.416. The first-order chi connectivity index (χ1) is 16.6. The highest BCUT2D eigenvalue weighted by Gasteiger charge is 2.19. The van der Waals surface area contributed by atoms with E-state index >= 15 is 0 Å². The van der Waals surface area contributed by atoms with Crippen LogP contribution >= 0.6 is 11.8 Å². The number of carbonyl (C=O) groups is 1. The van der Waals surface area contributed by atoms with Crippen LogP contribution in [0.5, 0.6) is 5.75 Å². The molecule has 5 aromatic rings. The van der Waals surface area contributed by atoms with E-state index in [0.717, 1.165) is 10.9 Å². The Labute approximate surface area is 199 Å². The average Bonchev–Trinajstić information content (AvgIpc) is 3.24. The molecule has 0 aliphatic heterocycles. The molecule has 0 saturated heterocycles. The summed E-state index contributed by atoms with van der Waals surface area (Å²) < 4.78 is 12.7. The standard InChI is InChI=1S/C26H21N3O4S/c1-32-21-14-8-6-12-19(21)27-22(30)16-34-26-28-23-18-11-5-7-13-20(18)33-24(23)25(31)29(26)15-17-9-3-2-4-10-17/h2-14H,15-16H2,1H3,(H,27,30). The van der Waals surface area contributed by atoms with Crippen LogP contribution in [0.2, 0.25) is 0 Å². The maximum absolute atomic E-state index is 13.4. The number of hydrogen-bond donors (Lipinski definition) is 1. The van der Waals surface area contributed by atoms with Crippen LogP contribution in [-0.4, -0.2) is 28.3 Å². The number of hydrogen-bond acceptors (Lipinski definition) is 6. The fraction of sp³-hybridized carbons (Fsp3) is 0.115. The second-order valence-corrected chi connectivity index (χ2v) is 8.53. The lowest BCUT2D eigenvalue weighted by molar-refractivity contribution is -0.113. The normalized spacial score (nSPS) is 11.1. The average molecular weight is 472 g/mol. The van der Waals surface area contributed by atoms with E-state index in [1.165, 1.54) is 11.8 Å². The molecule has 7 nitrogen and oxygen atoms in total. The largest absolute Gasteiger partial charge is 0.495 e. The van der Waals surface area contributed by atoms with Crippen LogP contribution < -0.4 is 15.6 Å². The van der Waals surface area contributed by atoms with Gasteiger partial charge >= 0.3 is 0 Å². The van der Waals surface area contributed by atoms with Gasteiger partial charge in [0.1, 0.15) is 16.8 Å². The van der Waals surface area contributed by atoms with Crippen molar-refractivity contribution in [3.63, 3.8) is 0 Å². The number of thioether (sulfide) groups is 1. The summed E-state index contributed by atoms with van der Waals surface area (Å²) in [7, 11) is 1.55. The molecule has 0 unspecified atom stereocenters. The zero-order valence-electron chi connectivity index (χ0n) is 18.4. The van der Waals surface area contributed by atoms with E-state index in [0.29, 0.717) is 34.2 Å². The zero-order chi connectivity index (χ0) is 23.5. The summed E-state index contributed by atoms with van der Waals surface area (Å²) in [5, 5.41) is 4.07. The van der Waals surface area contributed by atoms with Crippen molar-refractivity contribution < 1.29 is 13.9 Å². The highest BCUT2D eigenvalue weighted by Crippen LogP contribution is 2.28. The highest BCUT2D eigenvalue weighted by molar-refractivity contribution is 7.99. The lowest BCUT2D eigenvalue weighted by Crippen LogP contribution is -2.24. The molecule has 0 aliphatic carbocycles. The molecule has 34 heavy (non-hydrogen) atoms. The van der Waals surface area contributed by atoms with Gasteiger partial charge in [0.25, 0.3) is 5.56 Å². The van der Waals surface area contributed by atoms with Crippen LogP contribution in [0.15, 0.2) is 93.2 Å². The number of amides is 1. The molecular formula is C26H21N3O4S. The third-order valence-electron chi connectivity index (χ3n) is 5.34. The number of rotatable bonds is 7. The van der Waals surface area contributed by atoms with Crippen LogP contribution in [-0.2, 0) is 11.3 Å². The number of anilines is 1. The van der Waals surface area contributed by atoms with E-state index in [-0.39, 0.29) is 22.8 Å². The summed E-state index contributed by atoms with van der Waals surface area (Å²) >= 11 is 1.21. The van der Waals surface area contributed by atoms with E-state index in [1.54, 1.807) is 23.8 Å². The minimum atomic E-state index is -0.280. The van der Waals surface area contributed by atoms with Crippen molar-refractivity contribution in [2.75, 3.05) is 18.2 Å². The van der Waals surface area contributed by atoms with E-state index in [2.05, 4.69) is 5.32 Å². The molecule has 2 heterocycles. The second kappa shape index (κ2) is 9.44. The Morgan fingerprint density at radius 3 is 2.59 bits per heavy atom. The number of ether oxygens (including phenoxy) is 1. The summed E-state index contributed by atoms with van der Waals surface area (Å²) in [6.45, 7) is 0.316. The molecule has 0 aliphatic rings. The molecule has 0 atom stereocenters. The Balaban J connectivity index is 1.50. The van der Waals surface area contributed by atoms with Gasteiger partial charge in [0.05, 0.1) is 25.1 Å². The van der Waals surface area contributed by atoms with Crippen molar-refractivity contribution in [1.29, 1.82) is 0 Å². The summed E-state index contributed by atoms with van der Waals surface area (Å²) in [6.07, 6.45) is 0. The lowest BCUT2D eigenvalue weighted by atomic mass is 10.2. The van der Waals surface area contributed by atoms with E-state index in [9.17, 15) is 9.59 Å². The maximum Gasteiger partial charge on any atom is 0.298 e. The van der Waals surface area contributed by atoms with Gasteiger partial charge in [-0.2, -0.15) is 0 Å². The third-order valence-corrected chi connectivity index (χ3v) is 6.32. The van der Waals surface area contributed by atoms with Crippen LogP contribution in [0.4, 0.5) is 5.69 Å². The number of methoxy groups -OCH3 is 1. The number of furan rings is 1. The first-order valence-electron chi connectivity index (χ1n) is 10.7. The zero-order valence-corrected chi connectivity index (χ0v) is 19.2. The molecule has 2 aromatic heterocycles. The number of benzene rings is 3. The number of nitrogens with zero attached hydrogens (tertiary/aromatic N) is 2. The SMILES string of the molecule is COc1ccccc1NC(=O)CSc1nc2c(oc3ccccc32)c(=O)n1Cc1ccccc1. The maximum atomic E-state index is 13.4. The molecule has 0 saturated carbocycles. The monoisotopic (exact) mass is 471 g/mol. The molecule has 0 spiro atoms. The number of aromatic nitrogens is 2. The Kier molecular flexibility index (Phi) is 6.05. The topological polar surface area (TPSA) is 86.4 Å². The minimum Gasteiger partial charge on any atom is -0.495 e. The van der Waals surface area contributed by atoms with Gasteiger partial charge in [0, 0.05) is 5.39 Å². The number of fused-ring (bicyclic) bond motifs is 3. The van der Waals surface area contributed by atoms with Crippen LogP contribution in [0.25, 0.3) is 22.1 Å². The fourth-order valence-corrected chi connectivity index (χ4v) is 4.52. The Hall–Kier alpha value is -4.04. The van der Waals surface area contributed by atoms with Gasteiger partial charge < -0.3 is 14.5 Å². The third kappa shape index (κ3) is 4.27. The minimum absolute atomic E-state index is 0.0700. The molecule has 5 rings (SSSR count). The van der Waals surface area contributed by atoms with Crippen molar-refractivity contribution in [3.05, 3.63) is 94.8 Å². The fourth-order valence-electron chi connectivity index (χ4n) is 3.73. The highest BCUT2D eigenvalue weighted by atomic mass is 32.2. The van der Waals surface area contributed by atoms with Gasteiger partial charge in [-0.05, 0) is 29.8 Å². The second-order valence-electron chi connectivity index (χ2n) is 7.58. The first-order valence-corrected chi connectivity index (χ1v) is 11.6. The molecule has 1 amide bonds. The predicted octanol–water partition coefficient (Wildman–Crippen LogP) is 4.93. The van der Waals surface area contributed by atoms with E-state index < -0.39 is 0 Å². The lowest BCUT2D eigenvalue weighted by Gasteiger charge is -2.12. The Morgan fingerprint density at radius 2 is 1.76 bits per heavy atom. The first kappa shape index (κ1) is 21.8. The summed E-state index contributed by atoms with van der Waals surface area (Å²) in [5.41, 5.74) is 2.56. The van der Waals surface area contributed by atoms with Gasteiger partial charge in [0.2, 0.25) is 11.5 Å². The van der Waals surface area contributed by atoms with Crippen molar-refractivity contribution in [1.82, 2.24) is 9.55 Å². The van der Waals surface area contributed by atoms with E-state index in [4.69, 9.17) is 14.1 Å². The molecule has 0 radical (unpaired) electrons. The molecule has 1 N–H and O–H groups in total. The molecule has 3 aromatic carbocycles. The smallest absolute Gasteiger partial charge is 0.298 e. The number of nitrogens with one attached hydrogen (secondary N) is 1. The van der Waals surface area contributed by atoms with Crippen LogP contribution in [0.3, 0.4) is 0 Å². The molecule has 8 heteroatoms. The Bertz CT molecular complexity index is 1540. The number of para-hydroxylation sites is 3. The van der Waals surface area contributed by atoms with Crippen LogP contribution in [0, 0.1) is 0 Å². The van der Waals surface area contributed by atoms with Gasteiger partial charge in [0.15, 0.2) is 5.16 Å². The summed E-state index contributed by atoms with van der Waals surface area (Å²) in [6, 6.07) is 24.3. The van der Waals surface area contributed by atoms with Crippen molar-refractivity contribution >= 4 is 45.4 Å². The molecular weight excluding hydrogens is 450 g/mol. The van der Waals surface area contributed by atoms with Gasteiger partial charge in [-0.25, -0.2) is 4.98 Å². The summed E-state index contributed by atoms with van der Waals surface area (Å²) in [4.78, 5) is 30.9. The predicted molar refractivity (Wildman–Crippen MR) is 134 cm³/mol. The van der Waals surface area contributed by atoms with Gasteiger partial charge in [-0.3, -0.25) is 14.2 Å². The van der Waals surface area contributed by atoms with Gasteiger partial charge in [-0.1, -0.05) is 66.4 Å². The quantitative estimate of drug-likeness (QED) is 0.268. The van der Waals surface area contributed by atoms with Crippen molar-refractivity contribution in [2.24, 2.45) is 0 Å². The van der Waals surface area contributed by atoms with Crippen LogP contribution in [0.1, 0.15) is 5.56 Å². The molecule has 170 valence electrons. The molecule has 0 fully saturated rings. The van der Waals surface area contributed by atoms with E-state index in [1.807, 2.05) is 66.7 Å². The van der Waals surface area contributed by atoms with Crippen molar-refractivity contribution in [2.45, 2.75) is 11.7 Å². The number of carbonyl (C=O) groups excluding carboxylic acids is 1.